The summed E-state index contributed by atoms with van der Waals surface area (Å²) in [7, 11) is 2.18. The van der Waals surface area contributed by atoms with Crippen molar-refractivity contribution in [1.29, 1.82) is 0 Å². The average Bonchev–Trinajstić information content (AvgIpc) is 3.15. The van der Waals surface area contributed by atoms with Crippen molar-refractivity contribution in [1.82, 2.24) is 4.57 Å². The Bertz CT molecular complexity index is 918. The summed E-state index contributed by atoms with van der Waals surface area (Å²) in [6, 6.07) is 20.1. The molecule has 0 radical (unpaired) electrons. The molecule has 2 aliphatic carbocycles. The average molecular weight is 300 g/mol. The zero-order valence-electron chi connectivity index (χ0n) is 13.4. The lowest BCUT2D eigenvalue weighted by Crippen LogP contribution is -2.04. The second kappa shape index (κ2) is 4.82. The maximum absolute atomic E-state index is 5.14. The Hall–Kier alpha value is -2.35. The van der Waals surface area contributed by atoms with Gasteiger partial charge in [-0.1, -0.05) is 48.5 Å². The van der Waals surface area contributed by atoms with Gasteiger partial charge in [0.05, 0.1) is 17.4 Å². The molecule has 2 aliphatic rings. The monoisotopic (exact) mass is 300 g/mol. The van der Waals surface area contributed by atoms with Gasteiger partial charge in [0.25, 0.3) is 0 Å². The van der Waals surface area contributed by atoms with Crippen LogP contribution >= 0.6 is 0 Å². The number of hydrogen-bond acceptors (Lipinski definition) is 1. The van der Waals surface area contributed by atoms with Crippen LogP contribution in [0.1, 0.15) is 35.6 Å². The van der Waals surface area contributed by atoms with Crippen molar-refractivity contribution < 1.29 is 0 Å². The van der Waals surface area contributed by atoms with Gasteiger partial charge in [-0.2, -0.15) is 0 Å². The Morgan fingerprint density at radius 2 is 1.74 bits per heavy atom. The highest BCUT2D eigenvalue weighted by Crippen LogP contribution is 2.44. The number of aromatic nitrogens is 1. The number of fused-ring (bicyclic) bond motifs is 3. The Balaban J connectivity index is 1.51. The van der Waals surface area contributed by atoms with Crippen LogP contribution in [0.25, 0.3) is 10.9 Å². The quantitative estimate of drug-likeness (QED) is 0.664. The van der Waals surface area contributed by atoms with E-state index in [1.807, 2.05) is 0 Å². The minimum atomic E-state index is 0.483. The summed E-state index contributed by atoms with van der Waals surface area (Å²) in [4.78, 5) is 5.14. The van der Waals surface area contributed by atoms with Crippen molar-refractivity contribution in [2.75, 3.05) is 0 Å². The molecule has 5 rings (SSSR count). The van der Waals surface area contributed by atoms with E-state index in [1.165, 1.54) is 39.9 Å². The van der Waals surface area contributed by atoms with E-state index in [9.17, 15) is 0 Å². The van der Waals surface area contributed by atoms with Crippen molar-refractivity contribution >= 4 is 16.6 Å². The third-order valence-electron chi connectivity index (χ3n) is 5.40. The Morgan fingerprint density at radius 1 is 0.957 bits per heavy atom. The van der Waals surface area contributed by atoms with Gasteiger partial charge in [0.1, 0.15) is 0 Å². The third kappa shape index (κ3) is 1.98. The molecule has 2 heteroatoms. The fourth-order valence-electron chi connectivity index (χ4n) is 4.16. The number of para-hydroxylation sites is 1. The first-order valence-corrected chi connectivity index (χ1v) is 8.51. The lowest BCUT2D eigenvalue weighted by Gasteiger charge is -2.04. The molecule has 1 fully saturated rings. The van der Waals surface area contributed by atoms with Gasteiger partial charge >= 0.3 is 0 Å². The summed E-state index contributed by atoms with van der Waals surface area (Å²) in [6.07, 6.45) is 3.44. The van der Waals surface area contributed by atoms with Crippen LogP contribution in [0, 0.1) is 0 Å². The summed E-state index contributed by atoms with van der Waals surface area (Å²) in [5, 5.41) is 1.41. The summed E-state index contributed by atoms with van der Waals surface area (Å²) >= 11 is 0. The SMILES string of the molecule is Cn1c2c(c3ccccc31)CCC2=NC1CC1c1ccccc1. The smallest absolute Gasteiger partial charge is 0.0662 e. The number of benzene rings is 2. The highest BCUT2D eigenvalue weighted by atomic mass is 15.0. The molecule has 0 spiro atoms. The van der Waals surface area contributed by atoms with Crippen LogP contribution in [-0.4, -0.2) is 16.3 Å². The summed E-state index contributed by atoms with van der Waals surface area (Å²) < 4.78 is 2.34. The molecule has 0 saturated heterocycles. The predicted octanol–water partition coefficient (Wildman–Crippen LogP) is 4.47. The van der Waals surface area contributed by atoms with Gasteiger partial charge in [0.2, 0.25) is 0 Å². The van der Waals surface area contributed by atoms with Gasteiger partial charge < -0.3 is 4.57 Å². The molecule has 114 valence electrons. The molecule has 1 heterocycles. The van der Waals surface area contributed by atoms with Crippen LogP contribution in [0.2, 0.25) is 0 Å². The first kappa shape index (κ1) is 13.1. The van der Waals surface area contributed by atoms with Crippen molar-refractivity contribution in [3.63, 3.8) is 0 Å². The van der Waals surface area contributed by atoms with Gasteiger partial charge in [0, 0.05) is 23.9 Å². The van der Waals surface area contributed by atoms with Crippen molar-refractivity contribution in [3.8, 4) is 0 Å². The van der Waals surface area contributed by atoms with Crippen LogP contribution in [0.15, 0.2) is 59.6 Å². The van der Waals surface area contributed by atoms with Gasteiger partial charge in [-0.3, -0.25) is 4.99 Å². The molecule has 0 amide bonds. The Morgan fingerprint density at radius 3 is 2.61 bits per heavy atom. The van der Waals surface area contributed by atoms with E-state index in [0.29, 0.717) is 12.0 Å². The molecule has 23 heavy (non-hydrogen) atoms. The standard InChI is InChI=1S/C21H20N2/c1-23-20-10-6-5-9-15(20)16-11-12-18(21(16)23)22-19-13-17(19)14-7-3-2-4-8-14/h2-10,17,19H,11-13H2,1H3. The van der Waals surface area contributed by atoms with Crippen molar-refractivity contribution in [3.05, 3.63) is 71.4 Å². The number of nitrogens with zero attached hydrogens (tertiary/aromatic N) is 2. The third-order valence-corrected chi connectivity index (χ3v) is 5.40. The number of rotatable bonds is 2. The summed E-state index contributed by atoms with van der Waals surface area (Å²) in [5.74, 6) is 0.627. The molecule has 2 nitrogen and oxygen atoms in total. The summed E-state index contributed by atoms with van der Waals surface area (Å²) in [5.41, 5.74) is 6.98. The van der Waals surface area contributed by atoms with E-state index in [0.717, 1.165) is 12.8 Å². The molecule has 0 aliphatic heterocycles. The lowest BCUT2D eigenvalue weighted by atomic mass is 10.1. The second-order valence-corrected chi connectivity index (χ2v) is 6.80. The largest absolute Gasteiger partial charge is 0.342 e. The molecule has 2 atom stereocenters. The predicted molar refractivity (Wildman–Crippen MR) is 95.4 cm³/mol. The molecule has 0 bridgehead atoms. The van der Waals surface area contributed by atoms with Gasteiger partial charge in [0.15, 0.2) is 0 Å². The van der Waals surface area contributed by atoms with Crippen LogP contribution in [0.5, 0.6) is 0 Å². The first-order valence-electron chi connectivity index (χ1n) is 8.51. The van der Waals surface area contributed by atoms with E-state index >= 15 is 0 Å². The van der Waals surface area contributed by atoms with Gasteiger partial charge in [-0.15, -0.1) is 0 Å². The summed E-state index contributed by atoms with van der Waals surface area (Å²) in [6.45, 7) is 0. The minimum Gasteiger partial charge on any atom is -0.342 e. The minimum absolute atomic E-state index is 0.483. The van der Waals surface area contributed by atoms with E-state index in [1.54, 1.807) is 0 Å². The fraction of sp³-hybridized carbons (Fsp3) is 0.286. The molecule has 2 unspecified atom stereocenters. The van der Waals surface area contributed by atoms with E-state index in [-0.39, 0.29) is 0 Å². The Labute approximate surface area is 136 Å². The highest BCUT2D eigenvalue weighted by molar-refractivity contribution is 6.09. The maximum Gasteiger partial charge on any atom is 0.0662 e. The Kier molecular flexibility index (Phi) is 2.75. The second-order valence-electron chi connectivity index (χ2n) is 6.80. The molecular formula is C21H20N2. The van der Waals surface area contributed by atoms with Crippen LogP contribution in [0.4, 0.5) is 0 Å². The number of aryl methyl sites for hydroxylation is 2. The maximum atomic E-state index is 5.14. The first-order chi connectivity index (χ1) is 11.3. The van der Waals surface area contributed by atoms with Crippen LogP contribution in [-0.2, 0) is 13.5 Å². The number of hydrogen-bond donors (Lipinski definition) is 0. The molecule has 2 aromatic carbocycles. The van der Waals surface area contributed by atoms with Crippen LogP contribution < -0.4 is 0 Å². The zero-order valence-corrected chi connectivity index (χ0v) is 13.4. The highest BCUT2D eigenvalue weighted by Gasteiger charge is 2.39. The molecule has 3 aromatic rings. The van der Waals surface area contributed by atoms with Gasteiger partial charge in [-0.25, -0.2) is 0 Å². The van der Waals surface area contributed by atoms with Crippen molar-refractivity contribution in [2.45, 2.75) is 31.2 Å². The van der Waals surface area contributed by atoms with E-state index in [4.69, 9.17) is 4.99 Å². The molecule has 1 saturated carbocycles. The lowest BCUT2D eigenvalue weighted by molar-refractivity contribution is 0.939. The molecule has 1 aromatic heterocycles. The zero-order chi connectivity index (χ0) is 15.4. The van der Waals surface area contributed by atoms with E-state index < -0.39 is 0 Å². The van der Waals surface area contributed by atoms with Gasteiger partial charge in [-0.05, 0) is 36.5 Å². The van der Waals surface area contributed by atoms with Crippen LogP contribution in [0.3, 0.4) is 0 Å². The van der Waals surface area contributed by atoms with Crippen molar-refractivity contribution in [2.24, 2.45) is 12.0 Å². The molecular weight excluding hydrogens is 280 g/mol. The van der Waals surface area contributed by atoms with E-state index in [2.05, 4.69) is 66.2 Å². The normalized spacial score (nSPS) is 24.3. The number of aliphatic imine (C=N–C) groups is 1. The molecule has 0 N–H and O–H groups in total. The fourth-order valence-corrected chi connectivity index (χ4v) is 4.16. The topological polar surface area (TPSA) is 17.3 Å².